The molecule has 4 fully saturated rings. The Kier molecular flexibility index (Phi) is 43.6. The molecule has 4 saturated heterocycles. The predicted molar refractivity (Wildman–Crippen MR) is 423 cm³/mol. The van der Waals surface area contributed by atoms with Gasteiger partial charge in [0, 0.05) is 38.7 Å². The smallest absolute Gasteiger partial charge is 0.335 e. The molecule has 0 aromatic heterocycles. The van der Waals surface area contributed by atoms with Crippen molar-refractivity contribution >= 4 is 51.6 Å². The lowest BCUT2D eigenvalue weighted by atomic mass is 9.80. The number of benzene rings is 2. The van der Waals surface area contributed by atoms with Gasteiger partial charge in [-0.3, -0.25) is 14.4 Å². The SMILES string of the molecule is C=C(C)C(=C)[C@H](O)C[C@@H]1O[C@H](C[C@H](C)CC)[C@H](C)[C@H]1Cc1ccccc1.C=C1C[C@H](CCCOC(=O)C(C)(C)C)OC1CC[C@H]1CC(C)=C(COC(=O)COC)[C@@H](CC2O[C@H](C[C@H](C)CC)[C@H](C)[C@H]2CS(=O)(=O)c2ccccc2)O1.C=C1C[C@H](CCCOC(=O)C(C)(C)C)O[C@H]1CCC=O.CCC(=O)O.O=S=O. The molecular formula is C86H134O20S2. The maximum absolute atomic E-state index is 13.8. The fraction of sp³-hybridized carbons (Fsp3) is 0.686. The summed E-state index contributed by atoms with van der Waals surface area (Å²) in [5.41, 5.74) is 6.10. The van der Waals surface area contributed by atoms with Crippen molar-refractivity contribution in [1.82, 2.24) is 0 Å². The second-order valence-corrected chi connectivity index (χ2v) is 34.5. The maximum atomic E-state index is 13.8. The Morgan fingerprint density at radius 2 is 1.12 bits per heavy atom. The van der Waals surface area contributed by atoms with E-state index in [4.69, 9.17) is 56.2 Å². The summed E-state index contributed by atoms with van der Waals surface area (Å²) < 4.78 is 97.8. The lowest BCUT2D eigenvalue weighted by molar-refractivity contribution is -0.154. The van der Waals surface area contributed by atoms with E-state index in [0.29, 0.717) is 67.5 Å². The van der Waals surface area contributed by atoms with Gasteiger partial charge in [-0.2, -0.15) is 8.42 Å². The maximum Gasteiger partial charge on any atom is 0.335 e. The number of carbonyl (C=O) groups is 5. The van der Waals surface area contributed by atoms with E-state index in [1.807, 2.05) is 54.5 Å². The van der Waals surface area contributed by atoms with Crippen LogP contribution < -0.4 is 0 Å². The molecule has 20 nitrogen and oxygen atoms in total. The third-order valence-corrected chi connectivity index (χ3v) is 23.0. The van der Waals surface area contributed by atoms with Crippen LogP contribution in [0.25, 0.3) is 0 Å². The molecule has 0 bridgehead atoms. The fourth-order valence-electron chi connectivity index (χ4n) is 14.0. The van der Waals surface area contributed by atoms with Gasteiger partial charge in [-0.15, -0.1) is 0 Å². The van der Waals surface area contributed by atoms with E-state index in [1.165, 1.54) is 19.1 Å². The second-order valence-electron chi connectivity index (χ2n) is 32.3. The van der Waals surface area contributed by atoms with E-state index < -0.39 is 56.4 Å². The molecular weight excluding hydrogens is 1420 g/mol. The van der Waals surface area contributed by atoms with Gasteiger partial charge in [0.2, 0.25) is 0 Å². The van der Waals surface area contributed by atoms with Crippen LogP contribution in [-0.2, 0) is 94.4 Å². The Labute approximate surface area is 651 Å². The van der Waals surface area contributed by atoms with E-state index in [-0.39, 0.29) is 104 Å². The molecule has 17 atom stereocenters. The first-order chi connectivity index (χ1) is 50.9. The van der Waals surface area contributed by atoms with Crippen molar-refractivity contribution in [2.75, 3.05) is 39.3 Å². The summed E-state index contributed by atoms with van der Waals surface area (Å²) in [5, 5.41) is 18.3. The van der Waals surface area contributed by atoms with Gasteiger partial charge >= 0.3 is 35.4 Å². The second kappa shape index (κ2) is 48.8. The molecule has 5 aliphatic heterocycles. The average Bonchev–Trinajstić information content (AvgIpc) is 1.61. The molecule has 0 aliphatic carbocycles. The van der Waals surface area contributed by atoms with E-state index in [1.54, 1.807) is 31.2 Å². The molecule has 5 aliphatic rings. The Balaban J connectivity index is 0.000000459. The quantitative estimate of drug-likeness (QED) is 0.0160. The third kappa shape index (κ3) is 34.0. The van der Waals surface area contributed by atoms with Crippen molar-refractivity contribution in [2.24, 2.45) is 46.3 Å². The van der Waals surface area contributed by atoms with Crippen LogP contribution in [0.3, 0.4) is 0 Å². The van der Waals surface area contributed by atoms with Crippen molar-refractivity contribution in [2.45, 2.75) is 298 Å². The summed E-state index contributed by atoms with van der Waals surface area (Å²) in [7, 11) is -2.12. The largest absolute Gasteiger partial charge is 0.481 e. The summed E-state index contributed by atoms with van der Waals surface area (Å²) in [4.78, 5) is 56.1. The number of carboxylic acid groups (broad SMARTS) is 1. The fourth-order valence-corrected chi connectivity index (χ4v) is 15.8. The van der Waals surface area contributed by atoms with Crippen LogP contribution in [0, 0.1) is 46.3 Å². The summed E-state index contributed by atoms with van der Waals surface area (Å²) in [6, 6.07) is 19.3. The summed E-state index contributed by atoms with van der Waals surface area (Å²) in [6.07, 6.45) is 14.4. The van der Waals surface area contributed by atoms with Crippen LogP contribution in [-0.4, -0.2) is 164 Å². The van der Waals surface area contributed by atoms with Crippen LogP contribution in [0.15, 0.2) is 125 Å². The number of aliphatic hydroxyl groups is 1. The highest BCUT2D eigenvalue weighted by molar-refractivity contribution is 7.91. The lowest BCUT2D eigenvalue weighted by Crippen LogP contribution is -2.38. The van der Waals surface area contributed by atoms with Crippen LogP contribution in [0.4, 0.5) is 0 Å². The van der Waals surface area contributed by atoms with Gasteiger partial charge in [0.05, 0.1) is 102 Å². The zero-order valence-corrected chi connectivity index (χ0v) is 69.7. The molecule has 5 heterocycles. The van der Waals surface area contributed by atoms with Crippen molar-refractivity contribution in [3.63, 3.8) is 0 Å². The molecule has 0 radical (unpaired) electrons. The average molecular weight is 1550 g/mol. The van der Waals surface area contributed by atoms with Gasteiger partial charge in [-0.25, -0.2) is 13.2 Å². The zero-order valence-electron chi connectivity index (χ0n) is 68.0. The topological polar surface area (TPSA) is 277 Å². The molecule has 2 aromatic rings. The van der Waals surface area contributed by atoms with Gasteiger partial charge in [0.15, 0.2) is 9.84 Å². The number of rotatable bonds is 36. The molecule has 0 spiro atoms. The number of esters is 3. The van der Waals surface area contributed by atoms with Gasteiger partial charge in [-0.1, -0.05) is 147 Å². The van der Waals surface area contributed by atoms with Gasteiger partial charge in [0.1, 0.15) is 19.5 Å². The van der Waals surface area contributed by atoms with Crippen molar-refractivity contribution < 1.29 is 93.7 Å². The lowest BCUT2D eigenvalue weighted by Gasteiger charge is -2.36. The molecule has 2 unspecified atom stereocenters. The minimum absolute atomic E-state index is 0.0157. The number of carboxylic acids is 1. The number of carbonyl (C=O) groups excluding carboxylic acids is 4. The zero-order chi connectivity index (χ0) is 81.1. The molecule has 7 rings (SSSR count). The number of aliphatic carboxylic acids is 1. The normalized spacial score (nSPS) is 25.6. The number of hydrogen-bond donors (Lipinski definition) is 2. The van der Waals surface area contributed by atoms with E-state index in [9.17, 15) is 37.5 Å². The minimum Gasteiger partial charge on any atom is -0.481 e. The number of ether oxygens (including phenoxy) is 9. The molecule has 0 amide bonds. The highest BCUT2D eigenvalue weighted by atomic mass is 32.2. The number of aliphatic hydroxyl groups excluding tert-OH is 1. The van der Waals surface area contributed by atoms with E-state index in [0.717, 1.165) is 123 Å². The summed E-state index contributed by atoms with van der Waals surface area (Å²) >= 11 is -0.750. The van der Waals surface area contributed by atoms with Crippen LogP contribution >= 0.6 is 0 Å². The monoisotopic (exact) mass is 1550 g/mol. The number of aldehydes is 1. The highest BCUT2D eigenvalue weighted by Crippen LogP contribution is 2.44. The number of hydrogen-bond acceptors (Lipinski definition) is 19. The predicted octanol–water partition coefficient (Wildman–Crippen LogP) is 16.3. The standard InChI is InChI=1S/C43H66O10S.C24H36O2.C16H26O4.C3H6O2.O2S/c1-10-28(2)21-38-31(5)36(27-54(46,47)34-16-12-11-13-17-34)40(53-38)24-39-35(25-50-41(44)26-48-9)29(3)22-33(52-39)18-19-37-30(4)23-32(51-37)15-14-20-49-42(45)43(6,7)8;1-7-17(4)13-23-19(6)21(14-20-11-9-8-10-12-20)24(26-23)15-22(25)18(5)16(2)3;1-12-11-13(20-14(12)8-5-9-17)7-6-10-19-15(18)16(2,3)4;1-2-3(4)5;1-3-2/h11-13,16-17,28,31-33,36-40H,4,10,14-15,18-27H2,1-3,5-9H3;8-12,17,19,21-25H,2,5,7,13-15H2,1,3-4,6H3;9,13-14H,1,5-8,10-11H2,2-4H3;2H2,1H3,(H,4,5);/t28-,31-,32+,33+,36-,37?,38-,39-,40?;17-,19-,21-,22-,23-,24+;13-,14-;;/m110../s1. The Morgan fingerprint density at radius 3 is 1.58 bits per heavy atom. The van der Waals surface area contributed by atoms with Crippen molar-refractivity contribution in [3.8, 4) is 0 Å². The first-order valence-electron chi connectivity index (χ1n) is 39.1. The van der Waals surface area contributed by atoms with Crippen molar-refractivity contribution in [3.05, 3.63) is 126 Å². The molecule has 2 N–H and O–H groups in total. The molecule has 2 aromatic carbocycles. The summed E-state index contributed by atoms with van der Waals surface area (Å²) in [5.74, 6) is 0.205. The van der Waals surface area contributed by atoms with Gasteiger partial charge < -0.3 is 57.6 Å². The molecule has 0 saturated carbocycles. The van der Waals surface area contributed by atoms with Gasteiger partial charge in [0.25, 0.3) is 0 Å². The van der Waals surface area contributed by atoms with Gasteiger partial charge in [-0.05, 0) is 208 Å². The van der Waals surface area contributed by atoms with Crippen molar-refractivity contribution in [1.29, 1.82) is 0 Å². The first kappa shape index (κ1) is 96.4. The van der Waals surface area contributed by atoms with Crippen LogP contribution in [0.2, 0.25) is 0 Å². The summed E-state index contributed by atoms with van der Waals surface area (Å²) in [6.45, 7) is 47.0. The van der Waals surface area contributed by atoms with Crippen LogP contribution in [0.5, 0.6) is 0 Å². The molecule has 610 valence electrons. The highest BCUT2D eigenvalue weighted by Gasteiger charge is 2.47. The Bertz CT molecular complexity index is 3290. The number of sulfone groups is 1. The Morgan fingerprint density at radius 1 is 0.657 bits per heavy atom. The Hall–Kier alpha value is -5.82. The van der Waals surface area contributed by atoms with E-state index in [2.05, 4.69) is 105 Å². The molecule has 22 heteroatoms. The first-order valence-corrected chi connectivity index (χ1v) is 41.4. The van der Waals surface area contributed by atoms with E-state index >= 15 is 0 Å². The number of methoxy groups -OCH3 is 1. The minimum atomic E-state index is -3.58. The third-order valence-electron chi connectivity index (χ3n) is 21.2. The molecule has 108 heavy (non-hydrogen) atoms. The van der Waals surface area contributed by atoms with Crippen LogP contribution in [0.1, 0.15) is 225 Å².